The number of benzene rings is 1. The van der Waals surface area contributed by atoms with Crippen molar-refractivity contribution in [1.82, 2.24) is 0 Å². The number of allylic oxidation sites excluding steroid dienone is 2. The minimum Gasteiger partial charge on any atom is -0.497 e. The molecule has 0 N–H and O–H groups in total. The fraction of sp³-hybridized carbons (Fsp3) is 0.556. The zero-order valence-electron chi connectivity index (χ0n) is 14.9. The highest BCUT2D eigenvalue weighted by molar-refractivity contribution is 7.58. The summed E-state index contributed by atoms with van der Waals surface area (Å²) in [6, 6.07) is 7.77. The normalized spacial score (nSPS) is 12.9. The molecule has 0 aliphatic rings. The van der Waals surface area contributed by atoms with Crippen LogP contribution in [0.15, 0.2) is 29.6 Å². The lowest BCUT2D eigenvalue weighted by Gasteiger charge is -2.22. The van der Waals surface area contributed by atoms with Gasteiger partial charge in [0.05, 0.1) is 20.3 Å². The fourth-order valence-corrected chi connectivity index (χ4v) is 4.47. The van der Waals surface area contributed by atoms with Crippen LogP contribution in [-0.4, -0.2) is 20.3 Å². The van der Waals surface area contributed by atoms with Gasteiger partial charge in [0.15, 0.2) is 0 Å². The molecule has 0 fully saturated rings. The lowest BCUT2D eigenvalue weighted by atomic mass is 10.0. The van der Waals surface area contributed by atoms with Crippen LogP contribution in [0.3, 0.4) is 0 Å². The highest BCUT2D eigenvalue weighted by Crippen LogP contribution is 2.60. The molecule has 0 spiro atoms. The Bertz CT molecular complexity index is 556. The van der Waals surface area contributed by atoms with Crippen molar-refractivity contribution >= 4 is 13.2 Å². The minimum atomic E-state index is -3.27. The Hall–Kier alpha value is -1.09. The van der Waals surface area contributed by atoms with Gasteiger partial charge in [-0.25, -0.2) is 0 Å². The monoisotopic (exact) mass is 340 g/mol. The summed E-state index contributed by atoms with van der Waals surface area (Å²) in [6.45, 7) is 8.49. The van der Waals surface area contributed by atoms with Gasteiger partial charge in [0.25, 0.3) is 0 Å². The number of unbranched alkanes of at least 4 members (excludes halogenated alkanes) is 1. The summed E-state index contributed by atoms with van der Waals surface area (Å²) in [4.78, 5) is 0. The molecular formula is C18H29O4P. The standard InChI is InChI=1S/C18H29O4P/c1-6-9-13-18(23(19,21-7-2)22-8-3)15(4)16-11-10-12-17(14-16)20-5/h10-12,14H,6-9,13H2,1-5H3/b18-15+. The number of hydrogen-bond donors (Lipinski definition) is 0. The van der Waals surface area contributed by atoms with E-state index in [9.17, 15) is 4.57 Å². The lowest BCUT2D eigenvalue weighted by molar-refractivity contribution is 0.225. The van der Waals surface area contributed by atoms with E-state index < -0.39 is 7.60 Å². The first kappa shape index (κ1) is 20.0. The van der Waals surface area contributed by atoms with Crippen LogP contribution in [0, 0.1) is 0 Å². The van der Waals surface area contributed by atoms with Gasteiger partial charge < -0.3 is 13.8 Å². The van der Waals surface area contributed by atoms with Crippen molar-refractivity contribution in [1.29, 1.82) is 0 Å². The first-order chi connectivity index (χ1) is 11.0. The van der Waals surface area contributed by atoms with Crippen molar-refractivity contribution in [3.8, 4) is 5.75 Å². The predicted octanol–water partition coefficient (Wildman–Crippen LogP) is 5.88. The highest BCUT2D eigenvalue weighted by atomic mass is 31.2. The fourth-order valence-electron chi connectivity index (χ4n) is 2.43. The molecule has 1 aromatic rings. The summed E-state index contributed by atoms with van der Waals surface area (Å²) in [5.41, 5.74) is 1.93. The third-order valence-corrected chi connectivity index (χ3v) is 6.05. The van der Waals surface area contributed by atoms with Crippen molar-refractivity contribution in [2.45, 2.75) is 47.0 Å². The Balaban J connectivity index is 3.37. The largest absolute Gasteiger partial charge is 0.497 e. The molecule has 0 aliphatic carbocycles. The zero-order valence-corrected chi connectivity index (χ0v) is 15.8. The zero-order chi connectivity index (χ0) is 17.3. The molecule has 0 heterocycles. The Labute approximate surface area is 140 Å². The van der Waals surface area contributed by atoms with E-state index in [2.05, 4.69) is 6.92 Å². The predicted molar refractivity (Wildman–Crippen MR) is 96.0 cm³/mol. The van der Waals surface area contributed by atoms with Crippen LogP contribution in [0.2, 0.25) is 0 Å². The minimum absolute atomic E-state index is 0.359. The first-order valence-corrected chi connectivity index (χ1v) is 9.80. The molecule has 23 heavy (non-hydrogen) atoms. The van der Waals surface area contributed by atoms with Gasteiger partial charge in [-0.2, -0.15) is 0 Å². The van der Waals surface area contributed by atoms with Gasteiger partial charge in [0.1, 0.15) is 5.75 Å². The molecule has 1 aromatic carbocycles. The second kappa shape index (κ2) is 9.92. The van der Waals surface area contributed by atoms with Gasteiger partial charge in [0.2, 0.25) is 0 Å². The molecule has 0 saturated carbocycles. The van der Waals surface area contributed by atoms with E-state index in [1.54, 1.807) is 7.11 Å². The van der Waals surface area contributed by atoms with Crippen molar-refractivity contribution < 1.29 is 18.3 Å². The average molecular weight is 340 g/mol. The summed E-state index contributed by atoms with van der Waals surface area (Å²) in [6.07, 6.45) is 2.67. The molecule has 4 nitrogen and oxygen atoms in total. The lowest BCUT2D eigenvalue weighted by Crippen LogP contribution is -2.01. The first-order valence-electron chi connectivity index (χ1n) is 8.26. The molecule has 0 radical (unpaired) electrons. The quantitative estimate of drug-likeness (QED) is 0.499. The number of ether oxygens (including phenoxy) is 1. The molecule has 0 aliphatic heterocycles. The van der Waals surface area contributed by atoms with Crippen molar-refractivity contribution in [2.75, 3.05) is 20.3 Å². The van der Waals surface area contributed by atoms with Crippen LogP contribution in [0.1, 0.15) is 52.5 Å². The van der Waals surface area contributed by atoms with Crippen LogP contribution in [0.5, 0.6) is 5.75 Å². The van der Waals surface area contributed by atoms with Gasteiger partial charge in [-0.3, -0.25) is 4.57 Å². The summed E-state index contributed by atoms with van der Waals surface area (Å²) >= 11 is 0. The molecule has 130 valence electrons. The third kappa shape index (κ3) is 5.49. The highest BCUT2D eigenvalue weighted by Gasteiger charge is 2.31. The smallest absolute Gasteiger partial charge is 0.357 e. The van der Waals surface area contributed by atoms with Gasteiger partial charge in [-0.05, 0) is 56.9 Å². The van der Waals surface area contributed by atoms with Crippen LogP contribution in [-0.2, 0) is 13.6 Å². The summed E-state index contributed by atoms with van der Waals surface area (Å²) in [5.74, 6) is 0.777. The van der Waals surface area contributed by atoms with Crippen LogP contribution in [0.25, 0.3) is 5.57 Å². The van der Waals surface area contributed by atoms with Crippen LogP contribution < -0.4 is 4.74 Å². The van der Waals surface area contributed by atoms with Crippen molar-refractivity contribution in [3.63, 3.8) is 0 Å². The van der Waals surface area contributed by atoms with Crippen molar-refractivity contribution in [3.05, 3.63) is 35.1 Å². The Morgan fingerprint density at radius 3 is 2.30 bits per heavy atom. The molecule has 0 amide bonds. The molecular weight excluding hydrogens is 311 g/mol. The van der Waals surface area contributed by atoms with Crippen molar-refractivity contribution in [2.24, 2.45) is 0 Å². The summed E-state index contributed by atoms with van der Waals surface area (Å²) in [5, 5.41) is 0.774. The molecule has 5 heteroatoms. The average Bonchev–Trinajstić information content (AvgIpc) is 2.55. The second-order valence-corrected chi connectivity index (χ2v) is 7.29. The third-order valence-electron chi connectivity index (χ3n) is 3.63. The summed E-state index contributed by atoms with van der Waals surface area (Å²) < 4.78 is 29.7. The van der Waals surface area contributed by atoms with Gasteiger partial charge in [0, 0.05) is 5.31 Å². The van der Waals surface area contributed by atoms with Crippen LogP contribution in [0.4, 0.5) is 0 Å². The van der Waals surface area contributed by atoms with Gasteiger partial charge in [-0.1, -0.05) is 25.5 Å². The molecule has 0 bridgehead atoms. The topological polar surface area (TPSA) is 44.8 Å². The Kier molecular flexibility index (Phi) is 8.60. The number of rotatable bonds is 10. The maximum atomic E-state index is 13.3. The van der Waals surface area contributed by atoms with E-state index in [1.807, 2.05) is 45.0 Å². The number of methoxy groups -OCH3 is 1. The van der Waals surface area contributed by atoms with Gasteiger partial charge in [-0.15, -0.1) is 0 Å². The second-order valence-electron chi connectivity index (χ2n) is 5.24. The van der Waals surface area contributed by atoms with E-state index in [-0.39, 0.29) is 0 Å². The van der Waals surface area contributed by atoms with Crippen LogP contribution >= 0.6 is 7.60 Å². The van der Waals surface area contributed by atoms with E-state index >= 15 is 0 Å². The molecule has 0 unspecified atom stereocenters. The van der Waals surface area contributed by atoms with E-state index in [1.165, 1.54) is 0 Å². The molecule has 1 rings (SSSR count). The Morgan fingerprint density at radius 1 is 1.13 bits per heavy atom. The van der Waals surface area contributed by atoms with E-state index in [0.717, 1.165) is 35.0 Å². The van der Waals surface area contributed by atoms with E-state index in [0.29, 0.717) is 19.6 Å². The Morgan fingerprint density at radius 2 is 1.78 bits per heavy atom. The number of hydrogen-bond acceptors (Lipinski definition) is 4. The van der Waals surface area contributed by atoms with E-state index in [4.69, 9.17) is 13.8 Å². The van der Waals surface area contributed by atoms with Gasteiger partial charge >= 0.3 is 7.60 Å². The molecule has 0 saturated heterocycles. The maximum absolute atomic E-state index is 13.3. The maximum Gasteiger partial charge on any atom is 0.357 e. The summed E-state index contributed by atoms with van der Waals surface area (Å²) in [7, 11) is -1.63. The molecule has 0 atom stereocenters. The molecule has 0 aromatic heterocycles. The SMILES string of the molecule is CCCC/C(=C(/C)c1cccc(OC)c1)P(=O)(OCC)OCC.